The molecule has 0 saturated heterocycles. The zero-order valence-corrected chi connectivity index (χ0v) is 11.1. The number of anilines is 1. The molecule has 0 amide bonds. The number of rotatable bonds is 5. The van der Waals surface area contributed by atoms with Gasteiger partial charge in [-0.15, -0.1) is 0 Å². The minimum absolute atomic E-state index is 0.482. The van der Waals surface area contributed by atoms with Crippen LogP contribution in [-0.2, 0) is 6.54 Å². The maximum absolute atomic E-state index is 6.29. The van der Waals surface area contributed by atoms with Crippen LogP contribution in [0.5, 0.6) is 0 Å². The lowest BCUT2D eigenvalue weighted by Gasteiger charge is -2.32. The second kappa shape index (κ2) is 6.12. The number of hydrogen-bond acceptors (Lipinski definition) is 2. The van der Waals surface area contributed by atoms with E-state index in [1.54, 1.807) is 0 Å². The summed E-state index contributed by atoms with van der Waals surface area (Å²) in [7, 11) is 0. The molecule has 0 aliphatic carbocycles. The smallest absolute Gasteiger partial charge is 0.0643 e. The van der Waals surface area contributed by atoms with Crippen molar-refractivity contribution >= 4 is 17.3 Å². The predicted molar refractivity (Wildman–Crippen MR) is 72.1 cm³/mol. The zero-order valence-electron chi connectivity index (χ0n) is 10.3. The number of benzene rings is 1. The topological polar surface area (TPSA) is 29.3 Å². The summed E-state index contributed by atoms with van der Waals surface area (Å²) in [6.07, 6.45) is 1.10. The molecule has 0 aliphatic heterocycles. The van der Waals surface area contributed by atoms with Crippen molar-refractivity contribution in [3.8, 4) is 0 Å². The van der Waals surface area contributed by atoms with Crippen molar-refractivity contribution in [1.82, 2.24) is 0 Å². The van der Waals surface area contributed by atoms with E-state index in [1.807, 2.05) is 18.2 Å². The minimum Gasteiger partial charge on any atom is -0.368 e. The van der Waals surface area contributed by atoms with Crippen LogP contribution in [-0.4, -0.2) is 12.6 Å². The predicted octanol–water partition coefficient (Wildman–Crippen LogP) is 3.42. The summed E-state index contributed by atoms with van der Waals surface area (Å²) in [5.41, 5.74) is 7.99. The molecule has 0 spiro atoms. The fourth-order valence-corrected chi connectivity index (χ4v) is 2.26. The van der Waals surface area contributed by atoms with Gasteiger partial charge in [0.1, 0.15) is 0 Å². The molecule has 1 rings (SSSR count). The molecule has 2 N–H and O–H groups in total. The number of halogens is 1. The van der Waals surface area contributed by atoms with Crippen molar-refractivity contribution in [2.45, 2.75) is 39.8 Å². The van der Waals surface area contributed by atoms with Gasteiger partial charge in [-0.2, -0.15) is 0 Å². The first-order chi connectivity index (χ1) is 7.65. The highest BCUT2D eigenvalue weighted by atomic mass is 35.5. The Morgan fingerprint density at radius 3 is 2.56 bits per heavy atom. The quantitative estimate of drug-likeness (QED) is 0.855. The Morgan fingerprint density at radius 1 is 1.38 bits per heavy atom. The van der Waals surface area contributed by atoms with Crippen molar-refractivity contribution in [3.05, 3.63) is 28.8 Å². The van der Waals surface area contributed by atoms with Gasteiger partial charge in [0, 0.05) is 19.1 Å². The lowest BCUT2D eigenvalue weighted by atomic mass is 10.1. The summed E-state index contributed by atoms with van der Waals surface area (Å²) in [6.45, 7) is 8.03. The normalized spacial score (nSPS) is 12.6. The Morgan fingerprint density at radius 2 is 2.06 bits per heavy atom. The van der Waals surface area contributed by atoms with Crippen LogP contribution < -0.4 is 10.6 Å². The third-order valence-corrected chi connectivity index (χ3v) is 3.35. The van der Waals surface area contributed by atoms with Crippen LogP contribution in [0.2, 0.25) is 5.02 Å². The number of nitrogens with zero attached hydrogens (tertiary/aromatic N) is 1. The Bertz CT molecular complexity index is 339. The standard InChI is InChI=1S/C13H21ClN2/c1-4-10(3)16(5-2)13-11(9-15)7-6-8-12(13)14/h6-8,10H,4-5,9,15H2,1-3H3. The van der Waals surface area contributed by atoms with Gasteiger partial charge in [0.25, 0.3) is 0 Å². The fourth-order valence-electron chi connectivity index (χ4n) is 1.96. The van der Waals surface area contributed by atoms with Crippen molar-refractivity contribution < 1.29 is 0 Å². The van der Waals surface area contributed by atoms with Gasteiger partial charge in [-0.1, -0.05) is 30.7 Å². The molecule has 90 valence electrons. The van der Waals surface area contributed by atoms with E-state index < -0.39 is 0 Å². The molecule has 1 unspecified atom stereocenters. The molecule has 1 aromatic carbocycles. The summed E-state index contributed by atoms with van der Waals surface area (Å²) in [5, 5.41) is 0.796. The monoisotopic (exact) mass is 240 g/mol. The summed E-state index contributed by atoms with van der Waals surface area (Å²) in [4.78, 5) is 2.32. The highest BCUT2D eigenvalue weighted by molar-refractivity contribution is 6.33. The fraction of sp³-hybridized carbons (Fsp3) is 0.538. The molecule has 16 heavy (non-hydrogen) atoms. The van der Waals surface area contributed by atoms with E-state index in [0.717, 1.165) is 29.2 Å². The van der Waals surface area contributed by atoms with Gasteiger partial charge in [-0.25, -0.2) is 0 Å². The molecule has 2 nitrogen and oxygen atoms in total. The summed E-state index contributed by atoms with van der Waals surface area (Å²) in [5.74, 6) is 0. The summed E-state index contributed by atoms with van der Waals surface area (Å²) < 4.78 is 0. The summed E-state index contributed by atoms with van der Waals surface area (Å²) >= 11 is 6.29. The number of nitrogens with two attached hydrogens (primary N) is 1. The first-order valence-electron chi connectivity index (χ1n) is 5.89. The molecule has 1 aromatic rings. The molecular weight excluding hydrogens is 220 g/mol. The molecular formula is C13H21ClN2. The lowest BCUT2D eigenvalue weighted by Crippen LogP contribution is -2.33. The molecule has 0 fully saturated rings. The highest BCUT2D eigenvalue weighted by Gasteiger charge is 2.16. The molecule has 0 bridgehead atoms. The second-order valence-electron chi connectivity index (χ2n) is 3.99. The van der Waals surface area contributed by atoms with Crippen LogP contribution in [0.3, 0.4) is 0 Å². The van der Waals surface area contributed by atoms with E-state index in [-0.39, 0.29) is 0 Å². The van der Waals surface area contributed by atoms with E-state index in [4.69, 9.17) is 17.3 Å². The molecule has 0 heterocycles. The van der Waals surface area contributed by atoms with Crippen LogP contribution in [0.4, 0.5) is 5.69 Å². The molecule has 1 atom stereocenters. The molecule has 3 heteroatoms. The van der Waals surface area contributed by atoms with Gasteiger partial charge in [-0.3, -0.25) is 0 Å². The van der Waals surface area contributed by atoms with E-state index in [9.17, 15) is 0 Å². The van der Waals surface area contributed by atoms with Gasteiger partial charge in [0.2, 0.25) is 0 Å². The molecule has 0 aliphatic rings. The van der Waals surface area contributed by atoms with Crippen LogP contribution >= 0.6 is 11.6 Å². The van der Waals surface area contributed by atoms with Gasteiger partial charge in [0.15, 0.2) is 0 Å². The number of para-hydroxylation sites is 1. The van der Waals surface area contributed by atoms with Crippen molar-refractivity contribution in [1.29, 1.82) is 0 Å². The van der Waals surface area contributed by atoms with Crippen molar-refractivity contribution in [2.75, 3.05) is 11.4 Å². The van der Waals surface area contributed by atoms with Crippen LogP contribution in [0.1, 0.15) is 32.8 Å². The Balaban J connectivity index is 3.17. The van der Waals surface area contributed by atoms with Crippen LogP contribution in [0, 0.1) is 0 Å². The third kappa shape index (κ3) is 2.69. The summed E-state index contributed by atoms with van der Waals surface area (Å²) in [6, 6.07) is 6.42. The van der Waals surface area contributed by atoms with E-state index >= 15 is 0 Å². The second-order valence-corrected chi connectivity index (χ2v) is 4.40. The average molecular weight is 241 g/mol. The minimum atomic E-state index is 0.482. The van der Waals surface area contributed by atoms with E-state index in [0.29, 0.717) is 12.6 Å². The van der Waals surface area contributed by atoms with Crippen LogP contribution in [0.15, 0.2) is 18.2 Å². The van der Waals surface area contributed by atoms with Gasteiger partial charge in [-0.05, 0) is 31.9 Å². The Labute approximate surface area is 103 Å². The van der Waals surface area contributed by atoms with Crippen molar-refractivity contribution in [3.63, 3.8) is 0 Å². The number of hydrogen-bond donors (Lipinski definition) is 1. The SMILES string of the molecule is CCC(C)N(CC)c1c(Cl)cccc1CN. The molecule has 0 aromatic heterocycles. The first kappa shape index (κ1) is 13.3. The van der Waals surface area contributed by atoms with Gasteiger partial charge >= 0.3 is 0 Å². The van der Waals surface area contributed by atoms with Gasteiger partial charge < -0.3 is 10.6 Å². The van der Waals surface area contributed by atoms with Gasteiger partial charge in [0.05, 0.1) is 10.7 Å². The van der Waals surface area contributed by atoms with E-state index in [1.165, 1.54) is 0 Å². The Kier molecular flexibility index (Phi) is 5.10. The highest BCUT2D eigenvalue weighted by Crippen LogP contribution is 2.31. The zero-order chi connectivity index (χ0) is 12.1. The Hall–Kier alpha value is -0.730. The largest absolute Gasteiger partial charge is 0.368 e. The first-order valence-corrected chi connectivity index (χ1v) is 6.27. The van der Waals surface area contributed by atoms with Crippen molar-refractivity contribution in [2.24, 2.45) is 5.73 Å². The average Bonchev–Trinajstić information content (AvgIpc) is 2.31. The maximum atomic E-state index is 6.29. The molecule has 0 saturated carbocycles. The van der Waals surface area contributed by atoms with Crippen LogP contribution in [0.25, 0.3) is 0 Å². The maximum Gasteiger partial charge on any atom is 0.0643 e. The third-order valence-electron chi connectivity index (χ3n) is 3.04. The molecule has 0 radical (unpaired) electrons. The van der Waals surface area contributed by atoms with E-state index in [2.05, 4.69) is 25.7 Å². The lowest BCUT2D eigenvalue weighted by molar-refractivity contribution is 0.627.